The number of amides is 2. The maximum absolute atomic E-state index is 12.8. The maximum Gasteiger partial charge on any atom is 0.315 e. The van der Waals surface area contributed by atoms with Crippen molar-refractivity contribution < 1.29 is 13.2 Å². The Kier molecular flexibility index (Phi) is 6.85. The summed E-state index contributed by atoms with van der Waals surface area (Å²) in [5.41, 5.74) is 2.54. The molecule has 0 aliphatic carbocycles. The van der Waals surface area contributed by atoms with Gasteiger partial charge in [0, 0.05) is 30.7 Å². The first kappa shape index (κ1) is 22.3. The number of amidine groups is 1. The van der Waals surface area contributed by atoms with Gasteiger partial charge in [0.2, 0.25) is 0 Å². The Balaban J connectivity index is 1.68. The highest BCUT2D eigenvalue weighted by molar-refractivity contribution is 8.00. The van der Waals surface area contributed by atoms with Crippen molar-refractivity contribution in [2.24, 2.45) is 4.40 Å². The predicted octanol–water partition coefficient (Wildman–Crippen LogP) is 3.28. The molecule has 0 unspecified atom stereocenters. The molecule has 1 aromatic rings. The van der Waals surface area contributed by atoms with E-state index >= 15 is 0 Å². The molecule has 164 valence electrons. The minimum Gasteiger partial charge on any atom is -0.356 e. The van der Waals surface area contributed by atoms with Crippen LogP contribution in [0.4, 0.5) is 4.79 Å². The SMILES string of the molecule is CCc1ccc(C2=C(C)C(N3CCC(NC(=O)N[C@@H](C)CC)CC3)=NS2(=O)=O)cc1. The van der Waals surface area contributed by atoms with E-state index in [4.69, 9.17) is 0 Å². The third-order valence-corrected chi connectivity index (χ3v) is 7.36. The Labute approximate surface area is 179 Å². The largest absolute Gasteiger partial charge is 0.356 e. The minimum absolute atomic E-state index is 0.0780. The molecule has 2 amide bonds. The zero-order valence-corrected chi connectivity index (χ0v) is 19.1. The molecule has 8 heteroatoms. The Hall–Kier alpha value is -2.35. The Morgan fingerprint density at radius 1 is 1.20 bits per heavy atom. The summed E-state index contributed by atoms with van der Waals surface area (Å²) in [6.45, 7) is 9.21. The summed E-state index contributed by atoms with van der Waals surface area (Å²) < 4.78 is 29.7. The van der Waals surface area contributed by atoms with Crippen molar-refractivity contribution in [3.05, 3.63) is 41.0 Å². The lowest BCUT2D eigenvalue weighted by Gasteiger charge is -2.34. The van der Waals surface area contributed by atoms with Gasteiger partial charge in [-0.2, -0.15) is 8.42 Å². The lowest BCUT2D eigenvalue weighted by atomic mass is 10.0. The van der Waals surface area contributed by atoms with E-state index in [1.54, 1.807) is 0 Å². The van der Waals surface area contributed by atoms with E-state index in [-0.39, 0.29) is 18.1 Å². The van der Waals surface area contributed by atoms with Crippen LogP contribution < -0.4 is 10.6 Å². The van der Waals surface area contributed by atoms with Crippen LogP contribution in [-0.2, 0) is 16.4 Å². The molecule has 0 radical (unpaired) electrons. The number of benzene rings is 1. The highest BCUT2D eigenvalue weighted by Gasteiger charge is 2.35. The molecule has 1 saturated heterocycles. The topological polar surface area (TPSA) is 90.9 Å². The van der Waals surface area contributed by atoms with E-state index in [9.17, 15) is 13.2 Å². The van der Waals surface area contributed by atoms with E-state index in [1.807, 2.05) is 49.9 Å². The number of urea groups is 1. The minimum atomic E-state index is -3.71. The van der Waals surface area contributed by atoms with Crippen molar-refractivity contribution in [2.45, 2.75) is 65.5 Å². The standard InChI is InChI=1S/C22H32N4O3S/c1-5-15(3)23-22(27)24-19-11-13-26(14-12-19)21-16(4)20(30(28,29)25-21)18-9-7-17(6-2)8-10-18/h7-10,15,19H,5-6,11-14H2,1-4H3,(H2,23,24,27)/t15-/m0/s1. The summed E-state index contributed by atoms with van der Waals surface area (Å²) >= 11 is 0. The number of piperidine rings is 1. The number of nitrogens with zero attached hydrogens (tertiary/aromatic N) is 2. The fraction of sp³-hybridized carbons (Fsp3) is 0.545. The van der Waals surface area contributed by atoms with Gasteiger partial charge in [0.1, 0.15) is 10.7 Å². The van der Waals surface area contributed by atoms with Crippen LogP contribution >= 0.6 is 0 Å². The molecule has 0 aromatic heterocycles. The van der Waals surface area contributed by atoms with Crippen molar-refractivity contribution in [1.29, 1.82) is 0 Å². The molecule has 1 aromatic carbocycles. The van der Waals surface area contributed by atoms with E-state index in [0.717, 1.165) is 25.7 Å². The third-order valence-electron chi connectivity index (χ3n) is 5.88. The van der Waals surface area contributed by atoms with Crippen LogP contribution in [0, 0.1) is 0 Å². The second kappa shape index (κ2) is 9.20. The first-order chi connectivity index (χ1) is 14.2. The highest BCUT2D eigenvalue weighted by Crippen LogP contribution is 2.34. The molecular weight excluding hydrogens is 400 g/mol. The smallest absolute Gasteiger partial charge is 0.315 e. The number of sulfonamides is 1. The van der Waals surface area contributed by atoms with Gasteiger partial charge in [-0.1, -0.05) is 38.1 Å². The number of aryl methyl sites for hydroxylation is 1. The molecule has 1 fully saturated rings. The van der Waals surface area contributed by atoms with Crippen LogP contribution in [0.2, 0.25) is 0 Å². The average Bonchev–Trinajstić information content (AvgIpc) is 2.97. The Morgan fingerprint density at radius 2 is 1.83 bits per heavy atom. The number of carbonyl (C=O) groups excluding carboxylic acids is 1. The number of likely N-dealkylation sites (tertiary alicyclic amines) is 1. The van der Waals surface area contributed by atoms with Crippen LogP contribution in [0.5, 0.6) is 0 Å². The van der Waals surface area contributed by atoms with Crippen molar-refractivity contribution in [3.8, 4) is 0 Å². The summed E-state index contributed by atoms with van der Waals surface area (Å²) in [5.74, 6) is 0.534. The normalized spacial score (nSPS) is 20.1. The molecule has 30 heavy (non-hydrogen) atoms. The van der Waals surface area contributed by atoms with Gasteiger partial charge in [-0.05, 0) is 50.7 Å². The zero-order chi connectivity index (χ0) is 21.9. The Morgan fingerprint density at radius 3 is 2.40 bits per heavy atom. The molecule has 0 saturated carbocycles. The molecule has 2 heterocycles. The lowest BCUT2D eigenvalue weighted by Crippen LogP contribution is -2.50. The van der Waals surface area contributed by atoms with Crippen LogP contribution in [0.15, 0.2) is 34.2 Å². The van der Waals surface area contributed by atoms with Gasteiger partial charge < -0.3 is 15.5 Å². The van der Waals surface area contributed by atoms with Gasteiger partial charge in [-0.15, -0.1) is 4.40 Å². The van der Waals surface area contributed by atoms with Gasteiger partial charge in [0.15, 0.2) is 0 Å². The average molecular weight is 433 g/mol. The van der Waals surface area contributed by atoms with Crippen LogP contribution in [-0.4, -0.2) is 50.4 Å². The van der Waals surface area contributed by atoms with Gasteiger partial charge in [-0.3, -0.25) is 0 Å². The molecule has 2 aliphatic rings. The summed E-state index contributed by atoms with van der Waals surface area (Å²) in [7, 11) is -3.71. The summed E-state index contributed by atoms with van der Waals surface area (Å²) in [6, 6.07) is 7.72. The Bertz CT molecular complexity index is 943. The molecule has 1 atom stereocenters. The number of hydrogen-bond acceptors (Lipinski definition) is 4. The molecule has 7 nitrogen and oxygen atoms in total. The fourth-order valence-corrected chi connectivity index (χ4v) is 5.35. The molecule has 3 rings (SSSR count). The zero-order valence-electron chi connectivity index (χ0n) is 18.2. The summed E-state index contributed by atoms with van der Waals surface area (Å²) in [6.07, 6.45) is 3.29. The van der Waals surface area contributed by atoms with Crippen LogP contribution in [0.25, 0.3) is 4.91 Å². The monoisotopic (exact) mass is 432 g/mol. The van der Waals surface area contributed by atoms with Crippen molar-refractivity contribution >= 4 is 26.8 Å². The fourth-order valence-electron chi connectivity index (χ4n) is 3.86. The predicted molar refractivity (Wildman–Crippen MR) is 121 cm³/mol. The van der Waals surface area contributed by atoms with Gasteiger partial charge >= 0.3 is 6.03 Å². The lowest BCUT2D eigenvalue weighted by molar-refractivity contribution is 0.223. The van der Waals surface area contributed by atoms with Crippen molar-refractivity contribution in [3.63, 3.8) is 0 Å². The van der Waals surface area contributed by atoms with E-state index in [1.165, 1.54) is 5.56 Å². The quantitative estimate of drug-likeness (QED) is 0.747. The second-order valence-corrected chi connectivity index (χ2v) is 9.62. The molecule has 2 N–H and O–H groups in total. The van der Waals surface area contributed by atoms with Gasteiger partial charge in [0.25, 0.3) is 10.0 Å². The summed E-state index contributed by atoms with van der Waals surface area (Å²) in [4.78, 5) is 14.4. The number of hydrogen-bond donors (Lipinski definition) is 2. The molecule has 2 aliphatic heterocycles. The van der Waals surface area contributed by atoms with Gasteiger partial charge in [-0.25, -0.2) is 4.79 Å². The molecular formula is C22H32N4O3S. The van der Waals surface area contributed by atoms with Gasteiger partial charge in [0.05, 0.1) is 0 Å². The summed E-state index contributed by atoms with van der Waals surface area (Å²) in [5, 5.41) is 5.94. The molecule has 0 spiro atoms. The van der Waals surface area contributed by atoms with E-state index in [2.05, 4.69) is 22.0 Å². The second-order valence-electron chi connectivity index (χ2n) is 8.08. The number of carbonyl (C=O) groups is 1. The van der Waals surface area contributed by atoms with E-state index in [0.29, 0.717) is 35.0 Å². The maximum atomic E-state index is 12.8. The van der Waals surface area contributed by atoms with E-state index < -0.39 is 10.0 Å². The van der Waals surface area contributed by atoms with Crippen molar-refractivity contribution in [1.82, 2.24) is 15.5 Å². The van der Waals surface area contributed by atoms with Crippen LogP contribution in [0.1, 0.15) is 58.1 Å². The number of rotatable bonds is 5. The van der Waals surface area contributed by atoms with Crippen molar-refractivity contribution in [2.75, 3.05) is 13.1 Å². The first-order valence-corrected chi connectivity index (χ1v) is 12.2. The highest BCUT2D eigenvalue weighted by atomic mass is 32.2. The molecule has 0 bridgehead atoms. The van der Waals surface area contributed by atoms with Crippen LogP contribution in [0.3, 0.4) is 0 Å². The third kappa shape index (κ3) is 4.86. The first-order valence-electron chi connectivity index (χ1n) is 10.7. The number of nitrogens with one attached hydrogen (secondary N) is 2.